The van der Waals surface area contributed by atoms with Crippen LogP contribution in [0.5, 0.6) is 11.8 Å². The fourth-order valence-electron chi connectivity index (χ4n) is 4.76. The lowest BCUT2D eigenvalue weighted by atomic mass is 10.1. The summed E-state index contributed by atoms with van der Waals surface area (Å²) in [5.41, 5.74) is 5.99. The first kappa shape index (κ1) is 25.0. The largest absolute Gasteiger partial charge is 0.476 e. The molecule has 4 aromatic rings. The average molecular weight is 507 g/mol. The van der Waals surface area contributed by atoms with Gasteiger partial charge in [0.25, 0.3) is 0 Å². The van der Waals surface area contributed by atoms with Crippen molar-refractivity contribution in [1.82, 2.24) is 39.6 Å². The number of hydrogen-bond donors (Lipinski definition) is 2. The smallest absolute Gasteiger partial charge is 0.240 e. The van der Waals surface area contributed by atoms with Crippen molar-refractivity contribution in [3.63, 3.8) is 0 Å². The van der Waals surface area contributed by atoms with Crippen molar-refractivity contribution in [2.75, 3.05) is 32.9 Å². The lowest BCUT2D eigenvalue weighted by Crippen LogP contribution is -2.30. The minimum atomic E-state index is -0.201. The molecule has 0 spiro atoms. The van der Waals surface area contributed by atoms with Gasteiger partial charge in [0.1, 0.15) is 6.61 Å². The minimum absolute atomic E-state index is 0.0268. The van der Waals surface area contributed by atoms with Crippen LogP contribution in [0.4, 0.5) is 0 Å². The van der Waals surface area contributed by atoms with E-state index in [2.05, 4.69) is 32.1 Å². The molecule has 0 radical (unpaired) electrons. The molecule has 11 heteroatoms. The molecule has 11 nitrogen and oxygen atoms in total. The third-order valence-corrected chi connectivity index (χ3v) is 6.76. The minimum Gasteiger partial charge on any atom is -0.476 e. The highest BCUT2D eigenvalue weighted by atomic mass is 16.5. The van der Waals surface area contributed by atoms with Crippen LogP contribution in [0.1, 0.15) is 49.5 Å². The first-order valence-corrected chi connectivity index (χ1v) is 12.7. The van der Waals surface area contributed by atoms with Crippen molar-refractivity contribution in [2.45, 2.75) is 40.3 Å². The summed E-state index contributed by atoms with van der Waals surface area (Å²) in [6, 6.07) is 1.82. The quantitative estimate of drug-likeness (QED) is 0.424. The number of aliphatic hydroxyl groups is 1. The third kappa shape index (κ3) is 4.60. The number of nitrogens with zero attached hydrogens (tertiary/aromatic N) is 7. The molecule has 1 unspecified atom stereocenters. The van der Waals surface area contributed by atoms with E-state index in [1.165, 1.54) is 0 Å². The second-order valence-electron chi connectivity index (χ2n) is 9.24. The summed E-state index contributed by atoms with van der Waals surface area (Å²) in [5.74, 6) is 1.23. The predicted octanol–water partition coefficient (Wildman–Crippen LogP) is 3.20. The van der Waals surface area contributed by atoms with Crippen LogP contribution in [0, 0.1) is 6.92 Å². The SMILES string of the molecule is CCOc1nn(C(C)CO)c2c1/C=C/c1n[nH]c3cnc(cc13)-c1c(C)nn(C)c1OCCN(CC)C2. The second kappa shape index (κ2) is 10.3. The molecule has 0 saturated carbocycles. The molecule has 196 valence electrons. The Kier molecular flexibility index (Phi) is 6.98. The molecule has 2 N–H and O–H groups in total. The fourth-order valence-corrected chi connectivity index (χ4v) is 4.76. The molecule has 1 aliphatic heterocycles. The van der Waals surface area contributed by atoms with Crippen LogP contribution in [0.2, 0.25) is 0 Å². The van der Waals surface area contributed by atoms with Crippen LogP contribution in [0.3, 0.4) is 0 Å². The summed E-state index contributed by atoms with van der Waals surface area (Å²) in [5, 5.41) is 27.9. The van der Waals surface area contributed by atoms with Crippen molar-refractivity contribution in [3.8, 4) is 23.0 Å². The van der Waals surface area contributed by atoms with E-state index in [0.717, 1.165) is 51.4 Å². The Bertz CT molecular complexity index is 1430. The Labute approximate surface area is 215 Å². The second-order valence-corrected chi connectivity index (χ2v) is 9.24. The molecule has 5 rings (SSSR count). The van der Waals surface area contributed by atoms with Crippen molar-refractivity contribution in [1.29, 1.82) is 0 Å². The van der Waals surface area contributed by atoms with Gasteiger partial charge in [0.2, 0.25) is 11.8 Å². The summed E-state index contributed by atoms with van der Waals surface area (Å²) in [6.07, 6.45) is 5.78. The van der Waals surface area contributed by atoms with Gasteiger partial charge < -0.3 is 14.6 Å². The van der Waals surface area contributed by atoms with Gasteiger partial charge in [0.05, 0.1) is 64.9 Å². The number of fused-ring (bicyclic) bond motifs is 4. The van der Waals surface area contributed by atoms with E-state index >= 15 is 0 Å². The number of aromatic amines is 1. The molecule has 4 aromatic heterocycles. The molecule has 0 aliphatic carbocycles. The number of hydrogen-bond acceptors (Lipinski definition) is 8. The van der Waals surface area contributed by atoms with E-state index in [-0.39, 0.29) is 12.6 Å². The number of ether oxygens (including phenoxy) is 2. The molecule has 37 heavy (non-hydrogen) atoms. The molecule has 0 aromatic carbocycles. The molecule has 1 aliphatic rings. The Morgan fingerprint density at radius 3 is 2.84 bits per heavy atom. The first-order valence-electron chi connectivity index (χ1n) is 12.7. The van der Waals surface area contributed by atoms with E-state index in [1.54, 1.807) is 10.9 Å². The maximum absolute atomic E-state index is 9.95. The molecule has 0 fully saturated rings. The van der Waals surface area contributed by atoms with E-state index in [0.29, 0.717) is 38.1 Å². The number of aryl methyl sites for hydroxylation is 2. The Hall–Kier alpha value is -3.70. The number of H-pyrrole nitrogens is 1. The van der Waals surface area contributed by atoms with Crippen molar-refractivity contribution in [2.24, 2.45) is 7.05 Å². The zero-order valence-corrected chi connectivity index (χ0v) is 22.0. The van der Waals surface area contributed by atoms with E-state index in [1.807, 2.05) is 50.7 Å². The van der Waals surface area contributed by atoms with Crippen LogP contribution in [0.25, 0.3) is 34.3 Å². The van der Waals surface area contributed by atoms with Gasteiger partial charge in [-0.2, -0.15) is 10.2 Å². The van der Waals surface area contributed by atoms with Gasteiger partial charge in [-0.1, -0.05) is 6.92 Å². The van der Waals surface area contributed by atoms with Crippen molar-refractivity contribution in [3.05, 3.63) is 34.9 Å². The summed E-state index contributed by atoms with van der Waals surface area (Å²) in [7, 11) is 1.89. The van der Waals surface area contributed by atoms with Gasteiger partial charge in [-0.25, -0.2) is 4.68 Å². The summed E-state index contributed by atoms with van der Waals surface area (Å²) in [4.78, 5) is 6.98. The summed E-state index contributed by atoms with van der Waals surface area (Å²) >= 11 is 0. The number of likely N-dealkylation sites (N-methyl/N-ethyl adjacent to an activating group) is 1. The Morgan fingerprint density at radius 1 is 1.24 bits per heavy atom. The maximum atomic E-state index is 9.95. The number of aromatic nitrogens is 7. The summed E-state index contributed by atoms with van der Waals surface area (Å²) < 4.78 is 15.9. The number of aliphatic hydroxyl groups excluding tert-OH is 1. The highest BCUT2D eigenvalue weighted by molar-refractivity contribution is 5.92. The standard InChI is InChI=1S/C26H34N8O3/c1-6-33-10-11-37-26-24(17(4)30-32(26)5)21-12-19-20(28-29-22(19)13-27-21)9-8-18-23(14-33)34(16(3)15-35)31-25(18)36-7-2/h8-9,12-13,16,35H,6-7,10-11,14-15H2,1-5H3,(H,28,29)/b9-8+. The fraction of sp³-hybridized carbons (Fsp3) is 0.462. The van der Waals surface area contributed by atoms with Gasteiger partial charge in [0.15, 0.2) is 0 Å². The predicted molar refractivity (Wildman–Crippen MR) is 141 cm³/mol. The van der Waals surface area contributed by atoms with Crippen LogP contribution < -0.4 is 9.47 Å². The van der Waals surface area contributed by atoms with Crippen LogP contribution in [-0.4, -0.2) is 77.7 Å². The van der Waals surface area contributed by atoms with E-state index < -0.39 is 0 Å². The van der Waals surface area contributed by atoms with Crippen LogP contribution >= 0.6 is 0 Å². The number of pyridine rings is 1. The Balaban J connectivity index is 1.70. The highest BCUT2D eigenvalue weighted by Gasteiger charge is 2.24. The van der Waals surface area contributed by atoms with E-state index in [4.69, 9.17) is 14.6 Å². The topological polar surface area (TPSA) is 119 Å². The van der Waals surface area contributed by atoms with Crippen LogP contribution in [-0.2, 0) is 13.6 Å². The monoisotopic (exact) mass is 506 g/mol. The van der Waals surface area contributed by atoms with Crippen molar-refractivity contribution >= 4 is 23.1 Å². The molecule has 0 saturated heterocycles. The molecule has 0 amide bonds. The average Bonchev–Trinajstić information content (AvgIpc) is 3.54. The molecule has 5 heterocycles. The normalized spacial score (nSPS) is 16.1. The maximum Gasteiger partial charge on any atom is 0.240 e. The van der Waals surface area contributed by atoms with Gasteiger partial charge in [-0.05, 0) is 45.5 Å². The molecule has 2 bridgehead atoms. The lowest BCUT2D eigenvalue weighted by molar-refractivity contribution is 0.189. The summed E-state index contributed by atoms with van der Waals surface area (Å²) in [6.45, 7) is 11.0. The molecular formula is C26H34N8O3. The van der Waals surface area contributed by atoms with Gasteiger partial charge >= 0.3 is 0 Å². The van der Waals surface area contributed by atoms with Gasteiger partial charge in [-0.15, -0.1) is 5.10 Å². The number of nitrogens with one attached hydrogen (secondary N) is 1. The first-order chi connectivity index (χ1) is 17.9. The molecular weight excluding hydrogens is 472 g/mol. The van der Waals surface area contributed by atoms with Gasteiger partial charge in [-0.3, -0.25) is 19.7 Å². The van der Waals surface area contributed by atoms with Crippen molar-refractivity contribution < 1.29 is 14.6 Å². The zero-order valence-electron chi connectivity index (χ0n) is 22.0. The lowest BCUT2D eigenvalue weighted by Gasteiger charge is -2.23. The highest BCUT2D eigenvalue weighted by Crippen LogP contribution is 2.34. The third-order valence-electron chi connectivity index (χ3n) is 6.76. The zero-order chi connectivity index (χ0) is 26.1. The Morgan fingerprint density at radius 2 is 2.08 bits per heavy atom. The van der Waals surface area contributed by atoms with Crippen LogP contribution in [0.15, 0.2) is 12.3 Å². The van der Waals surface area contributed by atoms with E-state index in [9.17, 15) is 5.11 Å². The molecule has 1 atom stereocenters. The number of rotatable bonds is 5. The van der Waals surface area contributed by atoms with Gasteiger partial charge in [0, 0.05) is 25.5 Å².